The second-order valence-electron chi connectivity index (χ2n) is 9.21. The van der Waals surface area contributed by atoms with E-state index in [0.717, 1.165) is 17.2 Å². The lowest BCUT2D eigenvalue weighted by molar-refractivity contribution is -0.135. The summed E-state index contributed by atoms with van der Waals surface area (Å²) in [7, 11) is 3.03. The number of carbonyl (C=O) groups excluding carboxylic acids is 3. The Morgan fingerprint density at radius 2 is 1.97 bits per heavy atom. The number of ether oxygens (including phenoxy) is 2. The van der Waals surface area contributed by atoms with Crippen LogP contribution in [0.25, 0.3) is 0 Å². The van der Waals surface area contributed by atoms with E-state index in [2.05, 4.69) is 10.6 Å². The van der Waals surface area contributed by atoms with Gasteiger partial charge in [0.05, 0.1) is 14.2 Å². The second-order valence-corrected chi connectivity index (χ2v) is 9.21. The average molecular weight is 430 g/mol. The first-order valence-electron chi connectivity index (χ1n) is 10.9. The topological polar surface area (TPSA) is 97.0 Å². The van der Waals surface area contributed by atoms with Crippen molar-refractivity contribution < 1.29 is 23.9 Å². The molecule has 1 aliphatic heterocycles. The monoisotopic (exact) mass is 429 g/mol. The highest BCUT2D eigenvalue weighted by Crippen LogP contribution is 2.49. The van der Waals surface area contributed by atoms with Gasteiger partial charge in [-0.3, -0.25) is 14.5 Å². The van der Waals surface area contributed by atoms with Gasteiger partial charge in [0.1, 0.15) is 12.1 Å². The Bertz CT molecular complexity index is 903. The van der Waals surface area contributed by atoms with E-state index in [4.69, 9.17) is 9.47 Å². The molecule has 0 unspecified atom stereocenters. The minimum absolute atomic E-state index is 0.0424. The van der Waals surface area contributed by atoms with Crippen LogP contribution in [0.15, 0.2) is 18.2 Å². The molecule has 31 heavy (non-hydrogen) atoms. The smallest absolute Gasteiger partial charge is 0.325 e. The number of amides is 4. The molecule has 2 N–H and O–H groups in total. The second kappa shape index (κ2) is 8.05. The first-order valence-corrected chi connectivity index (χ1v) is 10.9. The van der Waals surface area contributed by atoms with Crippen molar-refractivity contribution in [3.8, 4) is 11.5 Å². The van der Waals surface area contributed by atoms with Crippen LogP contribution in [0.5, 0.6) is 11.5 Å². The summed E-state index contributed by atoms with van der Waals surface area (Å²) in [4.78, 5) is 39.4. The summed E-state index contributed by atoms with van der Waals surface area (Å²) < 4.78 is 10.6. The van der Waals surface area contributed by atoms with Gasteiger partial charge >= 0.3 is 6.03 Å². The van der Waals surface area contributed by atoms with E-state index < -0.39 is 17.5 Å². The standard InChI is InChI=1S/C23H31N3O5/c1-13(17-10-14-5-6-15(17)9-14)24-20(27)12-26-21(28)23(2,25-22(26)29)16-7-8-18(30-3)19(11-16)31-4/h7-8,11,13-15,17H,5-6,9-10,12H2,1-4H3,(H,24,27)(H,25,29)/t13-,14-,15-,17-,23-/m0/s1. The molecule has 2 bridgehead atoms. The normalized spacial score (nSPS) is 30.3. The number of benzene rings is 1. The fourth-order valence-corrected chi connectivity index (χ4v) is 5.64. The maximum atomic E-state index is 13.2. The Morgan fingerprint density at radius 1 is 1.23 bits per heavy atom. The van der Waals surface area contributed by atoms with Gasteiger partial charge in [-0.1, -0.05) is 12.5 Å². The van der Waals surface area contributed by atoms with Gasteiger partial charge in [0.25, 0.3) is 5.91 Å². The Morgan fingerprint density at radius 3 is 2.58 bits per heavy atom. The number of fused-ring (bicyclic) bond motifs is 2. The largest absolute Gasteiger partial charge is 0.493 e. The maximum absolute atomic E-state index is 13.2. The molecule has 1 aromatic rings. The van der Waals surface area contributed by atoms with Gasteiger partial charge in [-0.25, -0.2) is 4.79 Å². The Labute approximate surface area is 182 Å². The van der Waals surface area contributed by atoms with Gasteiger partial charge in [0, 0.05) is 6.04 Å². The van der Waals surface area contributed by atoms with Crippen molar-refractivity contribution >= 4 is 17.8 Å². The number of rotatable bonds is 7. The van der Waals surface area contributed by atoms with Crippen molar-refractivity contribution in [2.24, 2.45) is 17.8 Å². The zero-order valence-corrected chi connectivity index (χ0v) is 18.6. The van der Waals surface area contributed by atoms with Gasteiger partial charge in [-0.15, -0.1) is 0 Å². The van der Waals surface area contributed by atoms with Crippen LogP contribution in [-0.2, 0) is 15.1 Å². The molecule has 3 aliphatic rings. The van der Waals surface area contributed by atoms with Crippen molar-refractivity contribution in [1.29, 1.82) is 0 Å². The number of methoxy groups -OCH3 is 2. The molecular formula is C23H31N3O5. The Balaban J connectivity index is 1.43. The summed E-state index contributed by atoms with van der Waals surface area (Å²) in [5.74, 6) is 2.18. The number of nitrogens with one attached hydrogen (secondary N) is 2. The van der Waals surface area contributed by atoms with Gasteiger partial charge in [-0.2, -0.15) is 0 Å². The van der Waals surface area contributed by atoms with E-state index >= 15 is 0 Å². The lowest BCUT2D eigenvalue weighted by Gasteiger charge is -2.29. The number of carbonyl (C=O) groups is 3. The van der Waals surface area contributed by atoms with Crippen LogP contribution < -0.4 is 20.1 Å². The summed E-state index contributed by atoms with van der Waals surface area (Å²) in [6.07, 6.45) is 4.97. The van der Waals surface area contributed by atoms with E-state index in [1.54, 1.807) is 25.1 Å². The molecule has 1 saturated heterocycles. The quantitative estimate of drug-likeness (QED) is 0.649. The van der Waals surface area contributed by atoms with E-state index in [1.165, 1.54) is 33.5 Å². The molecule has 4 amide bonds. The molecule has 2 aliphatic carbocycles. The van der Waals surface area contributed by atoms with Crippen LogP contribution in [-0.4, -0.2) is 49.6 Å². The average Bonchev–Trinajstić information content (AvgIpc) is 3.44. The third kappa shape index (κ3) is 3.72. The van der Waals surface area contributed by atoms with Crippen LogP contribution in [0.4, 0.5) is 4.79 Å². The highest BCUT2D eigenvalue weighted by Gasteiger charge is 2.50. The van der Waals surface area contributed by atoms with E-state index in [0.29, 0.717) is 28.9 Å². The fraction of sp³-hybridized carbons (Fsp3) is 0.609. The van der Waals surface area contributed by atoms with E-state index in [-0.39, 0.29) is 18.5 Å². The zero-order chi connectivity index (χ0) is 22.3. The van der Waals surface area contributed by atoms with E-state index in [1.807, 2.05) is 6.92 Å². The fourth-order valence-electron chi connectivity index (χ4n) is 5.64. The molecule has 8 nitrogen and oxygen atoms in total. The van der Waals surface area contributed by atoms with Crippen LogP contribution in [0, 0.1) is 17.8 Å². The lowest BCUT2D eigenvalue weighted by Crippen LogP contribution is -2.47. The first kappa shape index (κ1) is 21.5. The minimum Gasteiger partial charge on any atom is -0.493 e. The molecular weight excluding hydrogens is 398 g/mol. The summed E-state index contributed by atoms with van der Waals surface area (Å²) in [5.41, 5.74) is -0.727. The number of hydrogen-bond acceptors (Lipinski definition) is 5. The number of imide groups is 1. The highest BCUT2D eigenvalue weighted by molar-refractivity contribution is 6.09. The van der Waals surface area contributed by atoms with Gasteiger partial charge in [0.2, 0.25) is 5.91 Å². The van der Waals surface area contributed by atoms with E-state index in [9.17, 15) is 14.4 Å². The first-order chi connectivity index (χ1) is 14.8. The number of hydrogen-bond donors (Lipinski definition) is 2. The molecule has 5 atom stereocenters. The maximum Gasteiger partial charge on any atom is 0.325 e. The predicted octanol–water partition coefficient (Wildman–Crippen LogP) is 2.41. The molecule has 1 heterocycles. The summed E-state index contributed by atoms with van der Waals surface area (Å²) in [6, 6.07) is 4.52. The number of urea groups is 1. The summed E-state index contributed by atoms with van der Waals surface area (Å²) in [6.45, 7) is 3.37. The van der Waals surface area contributed by atoms with Crippen LogP contribution in [0.1, 0.15) is 45.1 Å². The molecule has 3 fully saturated rings. The van der Waals surface area contributed by atoms with Gasteiger partial charge in [-0.05, 0) is 68.6 Å². The van der Waals surface area contributed by atoms with Crippen LogP contribution in [0.3, 0.4) is 0 Å². The van der Waals surface area contributed by atoms with Gasteiger partial charge < -0.3 is 20.1 Å². The third-order valence-corrected chi connectivity index (χ3v) is 7.36. The molecule has 0 radical (unpaired) electrons. The van der Waals surface area contributed by atoms with Crippen molar-refractivity contribution in [3.05, 3.63) is 23.8 Å². The molecule has 1 aromatic carbocycles. The Hall–Kier alpha value is -2.77. The SMILES string of the molecule is COc1ccc([C@]2(C)NC(=O)N(CC(=O)N[C@@H](C)[C@@H]3C[C@H]4CC[C@H]3C4)C2=O)cc1OC. The van der Waals surface area contributed by atoms with Crippen LogP contribution >= 0.6 is 0 Å². The minimum atomic E-state index is -1.28. The van der Waals surface area contributed by atoms with Crippen molar-refractivity contribution in [2.75, 3.05) is 20.8 Å². The van der Waals surface area contributed by atoms with Gasteiger partial charge in [0.15, 0.2) is 11.5 Å². The summed E-state index contributed by atoms with van der Waals surface area (Å²) in [5, 5.41) is 5.76. The molecule has 0 aromatic heterocycles. The van der Waals surface area contributed by atoms with Crippen molar-refractivity contribution in [1.82, 2.24) is 15.5 Å². The molecule has 0 spiro atoms. The molecule has 4 rings (SSSR count). The molecule has 8 heteroatoms. The van der Waals surface area contributed by atoms with Crippen molar-refractivity contribution in [2.45, 2.75) is 51.1 Å². The zero-order valence-electron chi connectivity index (χ0n) is 18.6. The Kier molecular flexibility index (Phi) is 5.58. The molecule has 2 saturated carbocycles. The third-order valence-electron chi connectivity index (χ3n) is 7.36. The highest BCUT2D eigenvalue weighted by atomic mass is 16.5. The lowest BCUT2D eigenvalue weighted by atomic mass is 9.84. The summed E-state index contributed by atoms with van der Waals surface area (Å²) >= 11 is 0. The molecule has 168 valence electrons. The van der Waals surface area contributed by atoms with Crippen molar-refractivity contribution in [3.63, 3.8) is 0 Å². The number of nitrogens with zero attached hydrogens (tertiary/aromatic N) is 1. The predicted molar refractivity (Wildman–Crippen MR) is 114 cm³/mol. The van der Waals surface area contributed by atoms with Crippen LogP contribution in [0.2, 0.25) is 0 Å².